The van der Waals surface area contributed by atoms with Gasteiger partial charge >= 0.3 is 0 Å². The van der Waals surface area contributed by atoms with E-state index in [9.17, 15) is 8.42 Å². The molecule has 4 rings (SSSR count). The molecule has 3 aromatic carbocycles. The van der Waals surface area contributed by atoms with Crippen molar-refractivity contribution >= 4 is 21.8 Å². The Balaban J connectivity index is 1.49. The van der Waals surface area contributed by atoms with Gasteiger partial charge in [0.05, 0.1) is 10.3 Å². The number of benzene rings is 3. The summed E-state index contributed by atoms with van der Waals surface area (Å²) in [4.78, 5) is 0.338. The summed E-state index contributed by atoms with van der Waals surface area (Å²) in [5.74, 6) is 1.55. The average molecular weight is 412 g/mol. The molecule has 0 spiro atoms. The fourth-order valence-electron chi connectivity index (χ4n) is 3.16. The Morgan fingerprint density at radius 3 is 2.21 bits per heavy atom. The van der Waals surface area contributed by atoms with Crippen LogP contribution in [-0.4, -0.2) is 25.0 Å². The van der Waals surface area contributed by atoms with E-state index in [2.05, 4.69) is 0 Å². The molecule has 0 aromatic heterocycles. The van der Waals surface area contributed by atoms with E-state index in [0.29, 0.717) is 18.0 Å². The molecule has 0 bridgehead atoms. The van der Waals surface area contributed by atoms with Gasteiger partial charge in [-0.2, -0.15) is 4.31 Å². The minimum absolute atomic E-state index is 0.214. The van der Waals surface area contributed by atoms with Crippen LogP contribution in [0.5, 0.6) is 5.75 Å². The Hall–Kier alpha value is -2.28. The van der Waals surface area contributed by atoms with E-state index in [1.807, 2.05) is 60.7 Å². The molecule has 3 aromatic rings. The summed E-state index contributed by atoms with van der Waals surface area (Å²) in [5, 5.41) is -0.214. The second-order valence-corrected chi connectivity index (χ2v) is 9.57. The monoisotopic (exact) mass is 411 g/mol. The first-order chi connectivity index (χ1) is 13.6. The molecule has 6 heteroatoms. The fourth-order valence-corrected chi connectivity index (χ4v) is 6.42. The highest BCUT2D eigenvalue weighted by Gasteiger charge is 2.36. The Bertz CT molecular complexity index is 1010. The lowest BCUT2D eigenvalue weighted by atomic mass is 10.2. The zero-order valence-electron chi connectivity index (χ0n) is 15.3. The molecule has 28 heavy (non-hydrogen) atoms. The molecule has 144 valence electrons. The van der Waals surface area contributed by atoms with Gasteiger partial charge in [0.1, 0.15) is 12.4 Å². The molecule has 0 amide bonds. The van der Waals surface area contributed by atoms with E-state index in [4.69, 9.17) is 4.74 Å². The van der Waals surface area contributed by atoms with Crippen molar-refractivity contribution in [2.75, 3.05) is 12.3 Å². The average Bonchev–Trinajstić information content (AvgIpc) is 3.25. The van der Waals surface area contributed by atoms with Crippen LogP contribution < -0.4 is 4.74 Å². The quantitative estimate of drug-likeness (QED) is 0.590. The zero-order chi connectivity index (χ0) is 19.4. The number of hydrogen-bond donors (Lipinski definition) is 0. The minimum Gasteiger partial charge on any atom is -0.489 e. The smallest absolute Gasteiger partial charge is 0.244 e. The normalized spacial score (nSPS) is 17.5. The summed E-state index contributed by atoms with van der Waals surface area (Å²) in [5.41, 5.74) is 2.08. The lowest BCUT2D eigenvalue weighted by Crippen LogP contribution is -2.30. The Labute approximate surface area is 170 Å². The predicted octanol–water partition coefficient (Wildman–Crippen LogP) is 4.70. The molecule has 1 fully saturated rings. The molecular weight excluding hydrogens is 390 g/mol. The standard InChI is InChI=1S/C22H21NO3S2/c24-28(25,21-9-5-2-6-10-21)23-15-16-27-22(23)19-11-13-20(14-12-19)26-17-18-7-3-1-4-8-18/h1-14,22H,15-17H2/t22-/m0/s1. The topological polar surface area (TPSA) is 46.6 Å². The molecule has 0 aliphatic carbocycles. The van der Waals surface area contributed by atoms with Crippen molar-refractivity contribution in [2.24, 2.45) is 0 Å². The van der Waals surface area contributed by atoms with Gasteiger partial charge < -0.3 is 4.74 Å². The Morgan fingerprint density at radius 2 is 1.54 bits per heavy atom. The van der Waals surface area contributed by atoms with Crippen LogP contribution in [-0.2, 0) is 16.6 Å². The van der Waals surface area contributed by atoms with Crippen molar-refractivity contribution in [2.45, 2.75) is 16.9 Å². The van der Waals surface area contributed by atoms with Crippen LogP contribution in [0.2, 0.25) is 0 Å². The van der Waals surface area contributed by atoms with E-state index in [0.717, 1.165) is 22.6 Å². The summed E-state index contributed by atoms with van der Waals surface area (Å²) >= 11 is 1.65. The van der Waals surface area contributed by atoms with Crippen LogP contribution in [0.4, 0.5) is 0 Å². The highest BCUT2D eigenvalue weighted by atomic mass is 32.2. The van der Waals surface area contributed by atoms with Gasteiger partial charge in [0.25, 0.3) is 0 Å². The number of hydrogen-bond acceptors (Lipinski definition) is 4. The molecule has 1 atom stereocenters. The van der Waals surface area contributed by atoms with Gasteiger partial charge in [0.15, 0.2) is 0 Å². The maximum Gasteiger partial charge on any atom is 0.244 e. The number of sulfonamides is 1. The molecule has 1 saturated heterocycles. The molecule has 1 aliphatic rings. The zero-order valence-corrected chi connectivity index (χ0v) is 16.9. The molecule has 1 aliphatic heterocycles. The summed E-state index contributed by atoms with van der Waals surface area (Å²) < 4.78 is 33.5. The second kappa shape index (κ2) is 8.39. The number of rotatable bonds is 6. The third-order valence-corrected chi connectivity index (χ3v) is 7.89. The minimum atomic E-state index is -3.51. The Morgan fingerprint density at radius 1 is 0.893 bits per heavy atom. The molecular formula is C22H21NO3S2. The van der Waals surface area contributed by atoms with Crippen molar-refractivity contribution in [1.82, 2.24) is 4.31 Å². The summed E-state index contributed by atoms with van der Waals surface area (Å²) in [6, 6.07) is 26.4. The van der Waals surface area contributed by atoms with Gasteiger partial charge in [-0.3, -0.25) is 0 Å². The van der Waals surface area contributed by atoms with Gasteiger partial charge in [-0.15, -0.1) is 11.8 Å². The van der Waals surface area contributed by atoms with Crippen LogP contribution in [0.25, 0.3) is 0 Å². The van der Waals surface area contributed by atoms with Gasteiger partial charge in [-0.1, -0.05) is 60.7 Å². The van der Waals surface area contributed by atoms with Crippen molar-refractivity contribution < 1.29 is 13.2 Å². The van der Waals surface area contributed by atoms with E-state index >= 15 is 0 Å². The van der Waals surface area contributed by atoms with Crippen LogP contribution in [0.1, 0.15) is 16.5 Å². The first-order valence-corrected chi connectivity index (χ1v) is 11.6. The van der Waals surface area contributed by atoms with Gasteiger partial charge in [-0.05, 0) is 35.4 Å². The molecule has 0 unspecified atom stereocenters. The SMILES string of the molecule is O=S(=O)(c1ccccc1)N1CCS[C@H]1c1ccc(OCc2ccccc2)cc1. The molecule has 0 saturated carbocycles. The van der Waals surface area contributed by atoms with Crippen LogP contribution in [0, 0.1) is 0 Å². The maximum atomic E-state index is 13.0. The van der Waals surface area contributed by atoms with E-state index in [1.54, 1.807) is 40.3 Å². The lowest BCUT2D eigenvalue weighted by Gasteiger charge is -2.23. The van der Waals surface area contributed by atoms with Crippen molar-refractivity contribution in [1.29, 1.82) is 0 Å². The molecule has 0 radical (unpaired) electrons. The third-order valence-electron chi connectivity index (χ3n) is 4.61. The summed E-state index contributed by atoms with van der Waals surface area (Å²) in [7, 11) is -3.51. The first kappa shape index (κ1) is 19.1. The number of nitrogens with zero attached hydrogens (tertiary/aromatic N) is 1. The first-order valence-electron chi connectivity index (χ1n) is 9.10. The van der Waals surface area contributed by atoms with Gasteiger partial charge in [-0.25, -0.2) is 8.42 Å². The molecule has 1 heterocycles. The second-order valence-electron chi connectivity index (χ2n) is 6.50. The maximum absolute atomic E-state index is 13.0. The van der Waals surface area contributed by atoms with E-state index in [1.165, 1.54) is 0 Å². The van der Waals surface area contributed by atoms with E-state index in [-0.39, 0.29) is 5.37 Å². The van der Waals surface area contributed by atoms with E-state index < -0.39 is 10.0 Å². The number of ether oxygens (including phenoxy) is 1. The van der Waals surface area contributed by atoms with Crippen molar-refractivity contribution in [3.63, 3.8) is 0 Å². The van der Waals surface area contributed by atoms with Gasteiger partial charge in [0.2, 0.25) is 10.0 Å². The highest BCUT2D eigenvalue weighted by Crippen LogP contribution is 2.41. The largest absolute Gasteiger partial charge is 0.489 e. The fraction of sp³-hybridized carbons (Fsp3) is 0.182. The van der Waals surface area contributed by atoms with Gasteiger partial charge in [0, 0.05) is 12.3 Å². The molecule has 4 nitrogen and oxygen atoms in total. The lowest BCUT2D eigenvalue weighted by molar-refractivity contribution is 0.306. The van der Waals surface area contributed by atoms with Crippen molar-refractivity contribution in [3.8, 4) is 5.75 Å². The van der Waals surface area contributed by atoms with Crippen LogP contribution in [0.3, 0.4) is 0 Å². The molecule has 0 N–H and O–H groups in total. The van der Waals surface area contributed by atoms with Crippen LogP contribution in [0.15, 0.2) is 89.8 Å². The third kappa shape index (κ3) is 4.09. The summed E-state index contributed by atoms with van der Waals surface area (Å²) in [6.07, 6.45) is 0. The van der Waals surface area contributed by atoms with Crippen LogP contribution >= 0.6 is 11.8 Å². The van der Waals surface area contributed by atoms with Crippen molar-refractivity contribution in [3.05, 3.63) is 96.1 Å². The summed E-state index contributed by atoms with van der Waals surface area (Å²) in [6.45, 7) is 1.02. The highest BCUT2D eigenvalue weighted by molar-refractivity contribution is 8.01. The number of thioether (sulfide) groups is 1. The predicted molar refractivity (Wildman–Crippen MR) is 113 cm³/mol. The Kier molecular flexibility index (Phi) is 5.71.